The average molecular weight is 373 g/mol. The van der Waals surface area contributed by atoms with Crippen LogP contribution < -0.4 is 5.32 Å². The Morgan fingerprint density at radius 2 is 1.31 bits per heavy atom. The van der Waals surface area contributed by atoms with E-state index in [1.807, 2.05) is 4.90 Å². The lowest BCUT2D eigenvalue weighted by molar-refractivity contribution is -0.137. The summed E-state index contributed by atoms with van der Waals surface area (Å²) in [7, 11) is 0. The Hall–Kier alpha value is -0.650. The van der Waals surface area contributed by atoms with Gasteiger partial charge in [0, 0.05) is 26.2 Å². The number of aliphatic carboxylic acids is 1. The number of hydrogen-bond donors (Lipinski definition) is 3. The highest BCUT2D eigenvalue weighted by atomic mass is 16.4. The summed E-state index contributed by atoms with van der Waals surface area (Å²) in [6.07, 6.45) is 16.6. The number of nitrogens with one attached hydrogen (secondary N) is 1. The van der Waals surface area contributed by atoms with E-state index in [4.69, 9.17) is 10.2 Å². The molecule has 0 atom stereocenters. The standard InChI is InChI=1S/C21H44N2O3/c1-2-3-4-5-6-7-8-9-10-11-12-13-15-22-16-18-23(19-20-24)17-14-21(25)26/h22,24H,2-20H2,1H3,(H,25,26). The van der Waals surface area contributed by atoms with Gasteiger partial charge in [-0.3, -0.25) is 9.69 Å². The maximum Gasteiger partial charge on any atom is 0.304 e. The predicted molar refractivity (Wildman–Crippen MR) is 110 cm³/mol. The topological polar surface area (TPSA) is 72.8 Å². The quantitative estimate of drug-likeness (QED) is 0.265. The molecule has 0 aromatic rings. The number of carboxylic acids is 1. The molecule has 3 N–H and O–H groups in total. The SMILES string of the molecule is CCCCCCCCCCCCCCNCCN(CCO)CCC(=O)O. The van der Waals surface area contributed by atoms with Crippen molar-refractivity contribution in [2.45, 2.75) is 90.4 Å². The first-order chi connectivity index (χ1) is 12.7. The van der Waals surface area contributed by atoms with Crippen LogP contribution in [0.25, 0.3) is 0 Å². The molecule has 5 nitrogen and oxygen atoms in total. The molecule has 156 valence electrons. The summed E-state index contributed by atoms with van der Waals surface area (Å²) in [5.74, 6) is -0.780. The molecule has 0 aliphatic rings. The summed E-state index contributed by atoms with van der Waals surface area (Å²) in [4.78, 5) is 12.6. The zero-order valence-electron chi connectivity index (χ0n) is 17.2. The number of carbonyl (C=O) groups is 1. The Morgan fingerprint density at radius 3 is 1.81 bits per heavy atom. The zero-order valence-corrected chi connectivity index (χ0v) is 17.2. The molecule has 0 bridgehead atoms. The number of hydrogen-bond acceptors (Lipinski definition) is 4. The highest BCUT2D eigenvalue weighted by Crippen LogP contribution is 2.11. The van der Waals surface area contributed by atoms with Crippen molar-refractivity contribution in [1.29, 1.82) is 0 Å². The van der Waals surface area contributed by atoms with Crippen LogP contribution in [0.4, 0.5) is 0 Å². The third-order valence-corrected chi connectivity index (χ3v) is 4.87. The molecule has 0 fully saturated rings. The van der Waals surface area contributed by atoms with Gasteiger partial charge in [0.25, 0.3) is 0 Å². The van der Waals surface area contributed by atoms with E-state index in [2.05, 4.69) is 12.2 Å². The summed E-state index contributed by atoms with van der Waals surface area (Å²) < 4.78 is 0. The molecule has 0 heterocycles. The Labute approximate surface area is 161 Å². The van der Waals surface area contributed by atoms with Crippen LogP contribution in [0.1, 0.15) is 90.4 Å². The Kier molecular flexibility index (Phi) is 20.1. The summed E-state index contributed by atoms with van der Waals surface area (Å²) in [5.41, 5.74) is 0. The van der Waals surface area contributed by atoms with Crippen LogP contribution in [0.2, 0.25) is 0 Å². The van der Waals surface area contributed by atoms with Gasteiger partial charge >= 0.3 is 5.97 Å². The largest absolute Gasteiger partial charge is 0.481 e. The van der Waals surface area contributed by atoms with Crippen LogP contribution in [-0.2, 0) is 4.79 Å². The summed E-state index contributed by atoms with van der Waals surface area (Å²) in [6, 6.07) is 0. The van der Waals surface area contributed by atoms with Gasteiger partial charge in [-0.15, -0.1) is 0 Å². The number of aliphatic hydroxyl groups excluding tert-OH is 1. The van der Waals surface area contributed by atoms with E-state index in [0.29, 0.717) is 13.1 Å². The molecule has 5 heteroatoms. The first-order valence-corrected chi connectivity index (χ1v) is 11.0. The molecule has 0 aromatic heterocycles. The van der Waals surface area contributed by atoms with Crippen molar-refractivity contribution in [3.05, 3.63) is 0 Å². The minimum Gasteiger partial charge on any atom is -0.481 e. The van der Waals surface area contributed by atoms with Crippen molar-refractivity contribution in [3.8, 4) is 0 Å². The van der Waals surface area contributed by atoms with E-state index in [1.165, 1.54) is 77.0 Å². The molecule has 0 saturated carbocycles. The number of unbranched alkanes of at least 4 members (excludes halogenated alkanes) is 11. The highest BCUT2D eigenvalue weighted by Gasteiger charge is 2.06. The molecular formula is C21H44N2O3. The van der Waals surface area contributed by atoms with Crippen molar-refractivity contribution in [3.63, 3.8) is 0 Å². The molecule has 0 amide bonds. The van der Waals surface area contributed by atoms with Crippen LogP contribution in [0.15, 0.2) is 0 Å². The highest BCUT2D eigenvalue weighted by molar-refractivity contribution is 5.66. The Bertz CT molecular complexity index is 301. The molecule has 0 spiro atoms. The third-order valence-electron chi connectivity index (χ3n) is 4.87. The van der Waals surface area contributed by atoms with Crippen LogP contribution >= 0.6 is 0 Å². The van der Waals surface area contributed by atoms with Crippen molar-refractivity contribution in [2.24, 2.45) is 0 Å². The number of rotatable bonds is 21. The maximum absolute atomic E-state index is 10.6. The molecule has 0 radical (unpaired) electrons. The fraction of sp³-hybridized carbons (Fsp3) is 0.952. The van der Waals surface area contributed by atoms with Gasteiger partial charge in [-0.1, -0.05) is 77.6 Å². The van der Waals surface area contributed by atoms with Crippen LogP contribution in [-0.4, -0.2) is 60.4 Å². The van der Waals surface area contributed by atoms with Gasteiger partial charge in [0.2, 0.25) is 0 Å². The van der Waals surface area contributed by atoms with Gasteiger partial charge in [0.1, 0.15) is 0 Å². The van der Waals surface area contributed by atoms with Gasteiger partial charge in [-0.05, 0) is 13.0 Å². The van der Waals surface area contributed by atoms with Gasteiger partial charge in [-0.25, -0.2) is 0 Å². The maximum atomic E-state index is 10.6. The smallest absolute Gasteiger partial charge is 0.304 e. The molecule has 0 aliphatic carbocycles. The zero-order chi connectivity index (χ0) is 19.3. The number of carboxylic acid groups (broad SMARTS) is 1. The summed E-state index contributed by atoms with van der Waals surface area (Å²) in [5, 5.41) is 21.2. The molecule has 26 heavy (non-hydrogen) atoms. The minimum absolute atomic E-state index is 0.0817. The average Bonchev–Trinajstić information content (AvgIpc) is 2.62. The molecule has 0 rings (SSSR count). The van der Waals surface area contributed by atoms with Crippen molar-refractivity contribution >= 4 is 5.97 Å². The monoisotopic (exact) mass is 372 g/mol. The molecule has 0 saturated heterocycles. The molecule has 0 aliphatic heterocycles. The van der Waals surface area contributed by atoms with Gasteiger partial charge in [0.15, 0.2) is 0 Å². The second-order valence-electron chi connectivity index (χ2n) is 7.35. The fourth-order valence-electron chi connectivity index (χ4n) is 3.18. The number of nitrogens with zero attached hydrogens (tertiary/aromatic N) is 1. The second kappa shape index (κ2) is 20.7. The van der Waals surface area contributed by atoms with Crippen molar-refractivity contribution in [1.82, 2.24) is 10.2 Å². The lowest BCUT2D eigenvalue weighted by Gasteiger charge is -2.20. The lowest BCUT2D eigenvalue weighted by atomic mass is 10.1. The van der Waals surface area contributed by atoms with Crippen molar-refractivity contribution < 1.29 is 15.0 Å². The Morgan fingerprint density at radius 1 is 0.769 bits per heavy atom. The van der Waals surface area contributed by atoms with Crippen LogP contribution in [0, 0.1) is 0 Å². The summed E-state index contributed by atoms with van der Waals surface area (Å²) in [6.45, 7) is 6.10. The third kappa shape index (κ3) is 19.7. The van der Waals surface area contributed by atoms with Gasteiger partial charge in [0.05, 0.1) is 13.0 Å². The van der Waals surface area contributed by atoms with E-state index in [1.54, 1.807) is 0 Å². The fourth-order valence-corrected chi connectivity index (χ4v) is 3.18. The normalized spacial score (nSPS) is 11.3. The molecular weight excluding hydrogens is 328 g/mol. The predicted octanol–water partition coefficient (Wildman–Crippen LogP) is 4.05. The van der Waals surface area contributed by atoms with Crippen molar-refractivity contribution in [2.75, 3.05) is 39.3 Å². The Balaban J connectivity index is 3.28. The second-order valence-corrected chi connectivity index (χ2v) is 7.35. The summed E-state index contributed by atoms with van der Waals surface area (Å²) >= 11 is 0. The van der Waals surface area contributed by atoms with Gasteiger partial charge < -0.3 is 15.5 Å². The van der Waals surface area contributed by atoms with E-state index in [0.717, 1.165) is 19.6 Å². The molecule has 0 aromatic carbocycles. The first kappa shape index (κ1) is 25.4. The van der Waals surface area contributed by atoms with E-state index < -0.39 is 5.97 Å². The molecule has 0 unspecified atom stereocenters. The van der Waals surface area contributed by atoms with E-state index >= 15 is 0 Å². The number of aliphatic hydroxyl groups is 1. The van der Waals surface area contributed by atoms with E-state index in [-0.39, 0.29) is 13.0 Å². The lowest BCUT2D eigenvalue weighted by Crippen LogP contribution is -2.35. The van der Waals surface area contributed by atoms with Gasteiger partial charge in [-0.2, -0.15) is 0 Å². The van der Waals surface area contributed by atoms with E-state index in [9.17, 15) is 4.79 Å². The first-order valence-electron chi connectivity index (χ1n) is 11.0. The van der Waals surface area contributed by atoms with Crippen LogP contribution in [0.3, 0.4) is 0 Å². The van der Waals surface area contributed by atoms with Crippen LogP contribution in [0.5, 0.6) is 0 Å². The minimum atomic E-state index is -0.780.